The first kappa shape index (κ1) is 13.5. The Balaban J connectivity index is 2.45. The molecule has 0 aromatic rings. The van der Waals surface area contributed by atoms with Gasteiger partial charge in [0.15, 0.2) is 0 Å². The number of nitriles is 1. The van der Waals surface area contributed by atoms with Gasteiger partial charge in [-0.3, -0.25) is 9.59 Å². The number of amides is 2. The number of nitrogens with zero attached hydrogens (tertiary/aromatic N) is 1. The smallest absolute Gasteiger partial charge is 0.240 e. The molecule has 5 heteroatoms. The van der Waals surface area contributed by atoms with Gasteiger partial charge in [0, 0.05) is 12.3 Å². The van der Waals surface area contributed by atoms with E-state index in [-0.39, 0.29) is 18.2 Å². The summed E-state index contributed by atoms with van der Waals surface area (Å²) >= 11 is 0. The molecular formula is C12H19N3O2. The van der Waals surface area contributed by atoms with Crippen molar-refractivity contribution in [1.82, 2.24) is 5.32 Å². The predicted molar refractivity (Wildman–Crippen MR) is 62.5 cm³/mol. The Morgan fingerprint density at radius 1 is 1.35 bits per heavy atom. The van der Waals surface area contributed by atoms with Gasteiger partial charge in [-0.15, -0.1) is 0 Å². The molecule has 1 saturated carbocycles. The van der Waals surface area contributed by atoms with Gasteiger partial charge in [0.05, 0.1) is 6.07 Å². The number of nitrogens with two attached hydrogens (primary N) is 1. The number of primary amides is 1. The van der Waals surface area contributed by atoms with Crippen LogP contribution in [0.15, 0.2) is 0 Å². The molecule has 0 bridgehead atoms. The van der Waals surface area contributed by atoms with Crippen LogP contribution < -0.4 is 11.1 Å². The van der Waals surface area contributed by atoms with Crippen LogP contribution in [0.4, 0.5) is 0 Å². The Labute approximate surface area is 101 Å². The Morgan fingerprint density at radius 2 is 2.00 bits per heavy atom. The van der Waals surface area contributed by atoms with Crippen LogP contribution in [0.25, 0.3) is 0 Å². The fourth-order valence-electron chi connectivity index (χ4n) is 2.15. The van der Waals surface area contributed by atoms with Crippen LogP contribution in [0.1, 0.15) is 44.9 Å². The summed E-state index contributed by atoms with van der Waals surface area (Å²) in [5.74, 6) is -0.650. The molecular weight excluding hydrogens is 218 g/mol. The lowest BCUT2D eigenvalue weighted by Gasteiger charge is -2.23. The topological polar surface area (TPSA) is 96.0 Å². The second kappa shape index (κ2) is 6.89. The number of hydrogen-bond acceptors (Lipinski definition) is 3. The maximum atomic E-state index is 11.9. The van der Waals surface area contributed by atoms with Gasteiger partial charge in [-0.2, -0.15) is 5.26 Å². The van der Waals surface area contributed by atoms with Gasteiger partial charge in [0.1, 0.15) is 6.04 Å². The van der Waals surface area contributed by atoms with Gasteiger partial charge >= 0.3 is 0 Å². The SMILES string of the molecule is N#CCC[C@H](NC(=O)C1CCCCC1)C(N)=O. The van der Waals surface area contributed by atoms with Crippen LogP contribution in [-0.2, 0) is 9.59 Å². The lowest BCUT2D eigenvalue weighted by Crippen LogP contribution is -2.46. The van der Waals surface area contributed by atoms with Gasteiger partial charge in [0.25, 0.3) is 0 Å². The van der Waals surface area contributed by atoms with E-state index in [4.69, 9.17) is 11.0 Å². The highest BCUT2D eigenvalue weighted by atomic mass is 16.2. The van der Waals surface area contributed by atoms with Crippen molar-refractivity contribution in [1.29, 1.82) is 5.26 Å². The highest BCUT2D eigenvalue weighted by Crippen LogP contribution is 2.23. The number of carbonyl (C=O) groups is 2. The molecule has 0 saturated heterocycles. The minimum atomic E-state index is -0.705. The third-order valence-electron chi connectivity index (χ3n) is 3.18. The Bertz CT molecular complexity index is 316. The summed E-state index contributed by atoms with van der Waals surface area (Å²) in [6.45, 7) is 0. The Morgan fingerprint density at radius 3 is 2.53 bits per heavy atom. The molecule has 0 aliphatic heterocycles. The summed E-state index contributed by atoms with van der Waals surface area (Å²) < 4.78 is 0. The predicted octanol–water partition coefficient (Wildman–Crippen LogP) is 0.841. The molecule has 1 fully saturated rings. The molecule has 0 radical (unpaired) electrons. The molecule has 94 valence electrons. The zero-order valence-corrected chi connectivity index (χ0v) is 9.95. The van der Waals surface area contributed by atoms with E-state index in [0.717, 1.165) is 25.7 Å². The molecule has 5 nitrogen and oxygen atoms in total. The molecule has 1 aliphatic rings. The summed E-state index contributed by atoms with van der Waals surface area (Å²) in [5.41, 5.74) is 5.19. The minimum absolute atomic E-state index is 0.00712. The maximum Gasteiger partial charge on any atom is 0.240 e. The summed E-state index contributed by atoms with van der Waals surface area (Å²) in [6, 6.07) is 1.24. The largest absolute Gasteiger partial charge is 0.368 e. The molecule has 0 heterocycles. The third kappa shape index (κ3) is 4.43. The standard InChI is InChI=1S/C12H19N3O2/c13-8-4-7-10(11(14)16)15-12(17)9-5-2-1-3-6-9/h9-10H,1-7H2,(H2,14,16)(H,15,17)/t10-/m0/s1. The van der Waals surface area contributed by atoms with Crippen molar-refractivity contribution in [2.24, 2.45) is 11.7 Å². The lowest BCUT2D eigenvalue weighted by atomic mass is 9.88. The van der Waals surface area contributed by atoms with Gasteiger partial charge in [-0.25, -0.2) is 0 Å². The molecule has 1 aliphatic carbocycles. The average molecular weight is 237 g/mol. The van der Waals surface area contributed by atoms with Crippen LogP contribution in [-0.4, -0.2) is 17.9 Å². The Hall–Kier alpha value is -1.57. The summed E-state index contributed by atoms with van der Waals surface area (Å²) in [4.78, 5) is 23.0. The highest BCUT2D eigenvalue weighted by Gasteiger charge is 2.25. The average Bonchev–Trinajstić information content (AvgIpc) is 2.35. The fourth-order valence-corrected chi connectivity index (χ4v) is 2.15. The van der Waals surface area contributed by atoms with Crippen LogP contribution in [0.3, 0.4) is 0 Å². The zero-order chi connectivity index (χ0) is 12.7. The molecule has 0 spiro atoms. The second-order valence-corrected chi connectivity index (χ2v) is 4.50. The fraction of sp³-hybridized carbons (Fsp3) is 0.750. The second-order valence-electron chi connectivity index (χ2n) is 4.50. The van der Waals surface area contributed by atoms with Gasteiger partial charge in [-0.1, -0.05) is 19.3 Å². The first-order chi connectivity index (χ1) is 8.15. The molecule has 0 unspecified atom stereocenters. The quantitative estimate of drug-likeness (QED) is 0.741. The number of nitrogens with one attached hydrogen (secondary N) is 1. The molecule has 17 heavy (non-hydrogen) atoms. The zero-order valence-electron chi connectivity index (χ0n) is 9.95. The van der Waals surface area contributed by atoms with Crippen LogP contribution in [0.2, 0.25) is 0 Å². The van der Waals surface area contributed by atoms with E-state index >= 15 is 0 Å². The molecule has 1 atom stereocenters. The number of rotatable bonds is 5. The third-order valence-corrected chi connectivity index (χ3v) is 3.18. The van der Waals surface area contributed by atoms with Crippen molar-refractivity contribution >= 4 is 11.8 Å². The van der Waals surface area contributed by atoms with Crippen LogP contribution in [0, 0.1) is 17.2 Å². The molecule has 3 N–H and O–H groups in total. The number of carbonyl (C=O) groups excluding carboxylic acids is 2. The van der Waals surface area contributed by atoms with Crippen molar-refractivity contribution in [3.8, 4) is 6.07 Å². The van der Waals surface area contributed by atoms with Gasteiger partial charge in [-0.05, 0) is 19.3 Å². The summed E-state index contributed by atoms with van der Waals surface area (Å²) in [6.07, 6.45) is 5.60. The van der Waals surface area contributed by atoms with E-state index < -0.39 is 11.9 Å². The van der Waals surface area contributed by atoms with E-state index in [0.29, 0.717) is 6.42 Å². The first-order valence-corrected chi connectivity index (χ1v) is 6.11. The normalized spacial score (nSPS) is 18.1. The van der Waals surface area contributed by atoms with E-state index in [1.165, 1.54) is 6.42 Å². The molecule has 1 rings (SSSR count). The van der Waals surface area contributed by atoms with Gasteiger partial charge < -0.3 is 11.1 Å². The van der Waals surface area contributed by atoms with Gasteiger partial charge in [0.2, 0.25) is 11.8 Å². The maximum absolute atomic E-state index is 11.9. The molecule has 0 aromatic heterocycles. The first-order valence-electron chi connectivity index (χ1n) is 6.11. The molecule has 0 aromatic carbocycles. The van der Waals surface area contributed by atoms with E-state index in [2.05, 4.69) is 5.32 Å². The van der Waals surface area contributed by atoms with Crippen LogP contribution >= 0.6 is 0 Å². The summed E-state index contributed by atoms with van der Waals surface area (Å²) in [7, 11) is 0. The minimum Gasteiger partial charge on any atom is -0.368 e. The van der Waals surface area contributed by atoms with Crippen molar-refractivity contribution in [2.45, 2.75) is 51.0 Å². The van der Waals surface area contributed by atoms with E-state index in [1.54, 1.807) is 0 Å². The van der Waals surface area contributed by atoms with Crippen molar-refractivity contribution in [3.63, 3.8) is 0 Å². The van der Waals surface area contributed by atoms with E-state index in [9.17, 15) is 9.59 Å². The number of hydrogen-bond donors (Lipinski definition) is 2. The highest BCUT2D eigenvalue weighted by molar-refractivity contribution is 5.87. The van der Waals surface area contributed by atoms with Crippen molar-refractivity contribution < 1.29 is 9.59 Å². The van der Waals surface area contributed by atoms with Crippen molar-refractivity contribution in [2.75, 3.05) is 0 Å². The summed E-state index contributed by atoms with van der Waals surface area (Å²) in [5, 5.41) is 11.1. The Kier molecular flexibility index (Phi) is 5.47. The van der Waals surface area contributed by atoms with Crippen molar-refractivity contribution in [3.05, 3.63) is 0 Å². The molecule has 2 amide bonds. The van der Waals surface area contributed by atoms with E-state index in [1.807, 2.05) is 6.07 Å². The lowest BCUT2D eigenvalue weighted by molar-refractivity contribution is -0.130. The van der Waals surface area contributed by atoms with Crippen LogP contribution in [0.5, 0.6) is 0 Å². The monoisotopic (exact) mass is 237 g/mol.